The van der Waals surface area contributed by atoms with Crippen molar-refractivity contribution in [3.8, 4) is 0 Å². The van der Waals surface area contributed by atoms with Gasteiger partial charge in [-0.1, -0.05) is 35.0 Å². The molecule has 1 aromatic rings. The summed E-state index contributed by atoms with van der Waals surface area (Å²) in [5.74, 6) is -0.210. The van der Waals surface area contributed by atoms with E-state index in [1.54, 1.807) is 0 Å². The van der Waals surface area contributed by atoms with Crippen LogP contribution in [-0.4, -0.2) is 34.9 Å². The molecule has 0 saturated carbocycles. The standard InChI is InChI=1S/C13H18BrNO3/c1-2-13(8-16,9-17)15-12(18)7-10-4-3-5-11(14)6-10/h3-6,16-17H,2,7-9H2,1H3,(H,15,18). The van der Waals surface area contributed by atoms with E-state index in [1.165, 1.54) is 0 Å². The van der Waals surface area contributed by atoms with Gasteiger partial charge in [-0.05, 0) is 24.1 Å². The second-order valence-electron chi connectivity index (χ2n) is 4.30. The largest absolute Gasteiger partial charge is 0.394 e. The number of hydrogen-bond donors (Lipinski definition) is 3. The lowest BCUT2D eigenvalue weighted by molar-refractivity contribution is -0.123. The lowest BCUT2D eigenvalue weighted by Crippen LogP contribution is -2.54. The predicted molar refractivity (Wildman–Crippen MR) is 73.2 cm³/mol. The van der Waals surface area contributed by atoms with Gasteiger partial charge in [0.15, 0.2) is 0 Å². The van der Waals surface area contributed by atoms with Crippen molar-refractivity contribution >= 4 is 21.8 Å². The fourth-order valence-corrected chi connectivity index (χ4v) is 2.06. The summed E-state index contributed by atoms with van der Waals surface area (Å²) in [6.07, 6.45) is 0.700. The molecule has 5 heteroatoms. The summed E-state index contributed by atoms with van der Waals surface area (Å²) in [6.45, 7) is 1.26. The van der Waals surface area contributed by atoms with Crippen molar-refractivity contribution in [1.82, 2.24) is 5.32 Å². The molecule has 1 aromatic carbocycles. The number of halogens is 1. The van der Waals surface area contributed by atoms with Crippen molar-refractivity contribution in [3.05, 3.63) is 34.3 Å². The minimum atomic E-state index is -0.927. The van der Waals surface area contributed by atoms with Gasteiger partial charge in [-0.15, -0.1) is 0 Å². The number of carbonyl (C=O) groups is 1. The fraction of sp³-hybridized carbons (Fsp3) is 0.462. The normalized spacial score (nSPS) is 11.3. The van der Waals surface area contributed by atoms with Crippen LogP contribution in [0.15, 0.2) is 28.7 Å². The molecule has 4 nitrogen and oxygen atoms in total. The summed E-state index contributed by atoms with van der Waals surface area (Å²) >= 11 is 3.34. The summed E-state index contributed by atoms with van der Waals surface area (Å²) in [5.41, 5.74) is -0.0499. The fourth-order valence-electron chi connectivity index (χ4n) is 1.61. The van der Waals surface area contributed by atoms with Crippen molar-refractivity contribution in [2.45, 2.75) is 25.3 Å². The van der Waals surface area contributed by atoms with Crippen LogP contribution in [0.25, 0.3) is 0 Å². The lowest BCUT2D eigenvalue weighted by atomic mass is 9.98. The molecule has 18 heavy (non-hydrogen) atoms. The molecule has 0 bridgehead atoms. The first kappa shape index (κ1) is 15.1. The third-order valence-corrected chi connectivity index (χ3v) is 3.43. The molecule has 0 aliphatic carbocycles. The Morgan fingerprint density at radius 1 is 1.39 bits per heavy atom. The molecule has 0 aliphatic rings. The summed E-state index contributed by atoms with van der Waals surface area (Å²) in [4.78, 5) is 11.9. The third kappa shape index (κ3) is 4.08. The molecule has 0 aliphatic heterocycles. The maximum absolute atomic E-state index is 11.9. The second-order valence-corrected chi connectivity index (χ2v) is 5.22. The van der Waals surface area contributed by atoms with Crippen LogP contribution in [0.5, 0.6) is 0 Å². The van der Waals surface area contributed by atoms with Crippen LogP contribution in [0, 0.1) is 0 Å². The summed E-state index contributed by atoms with van der Waals surface area (Å²) in [7, 11) is 0. The van der Waals surface area contributed by atoms with Crippen LogP contribution in [0.1, 0.15) is 18.9 Å². The van der Waals surface area contributed by atoms with Gasteiger partial charge in [0.05, 0.1) is 25.2 Å². The quantitative estimate of drug-likeness (QED) is 0.740. The predicted octanol–water partition coefficient (Wildman–Crippen LogP) is 1.24. The zero-order chi connectivity index (χ0) is 13.6. The second kappa shape index (κ2) is 6.87. The highest BCUT2D eigenvalue weighted by Gasteiger charge is 2.28. The number of rotatable bonds is 6. The molecule has 0 unspecified atom stereocenters. The molecular weight excluding hydrogens is 298 g/mol. The molecular formula is C13H18BrNO3. The Balaban J connectivity index is 2.66. The lowest BCUT2D eigenvalue weighted by Gasteiger charge is -2.29. The van der Waals surface area contributed by atoms with Crippen molar-refractivity contribution < 1.29 is 15.0 Å². The molecule has 0 radical (unpaired) electrons. The van der Waals surface area contributed by atoms with Gasteiger partial charge in [0, 0.05) is 4.47 Å². The van der Waals surface area contributed by atoms with Gasteiger partial charge in [0.2, 0.25) is 5.91 Å². The van der Waals surface area contributed by atoms with E-state index in [9.17, 15) is 15.0 Å². The Morgan fingerprint density at radius 3 is 2.56 bits per heavy atom. The van der Waals surface area contributed by atoms with Crippen molar-refractivity contribution in [3.63, 3.8) is 0 Å². The average molecular weight is 316 g/mol. The molecule has 0 fully saturated rings. The van der Waals surface area contributed by atoms with Crippen molar-refractivity contribution in [2.75, 3.05) is 13.2 Å². The Morgan fingerprint density at radius 2 is 2.06 bits per heavy atom. The molecule has 100 valence electrons. The Hall–Kier alpha value is -0.910. The number of amides is 1. The van der Waals surface area contributed by atoms with E-state index in [0.717, 1.165) is 10.0 Å². The van der Waals surface area contributed by atoms with E-state index in [4.69, 9.17) is 0 Å². The molecule has 0 atom stereocenters. The van der Waals surface area contributed by atoms with E-state index < -0.39 is 5.54 Å². The number of aliphatic hydroxyl groups excluding tert-OH is 2. The first-order valence-corrected chi connectivity index (χ1v) is 6.61. The van der Waals surface area contributed by atoms with Crippen molar-refractivity contribution in [2.24, 2.45) is 0 Å². The smallest absolute Gasteiger partial charge is 0.225 e. The highest BCUT2D eigenvalue weighted by molar-refractivity contribution is 9.10. The van der Waals surface area contributed by atoms with E-state index in [2.05, 4.69) is 21.2 Å². The monoisotopic (exact) mass is 315 g/mol. The zero-order valence-corrected chi connectivity index (χ0v) is 11.9. The topological polar surface area (TPSA) is 69.6 Å². The highest BCUT2D eigenvalue weighted by atomic mass is 79.9. The van der Waals surface area contributed by atoms with Gasteiger partial charge in [-0.3, -0.25) is 4.79 Å². The molecule has 0 heterocycles. The number of hydrogen-bond acceptors (Lipinski definition) is 3. The Labute approximate surface area is 115 Å². The van der Waals surface area contributed by atoms with Gasteiger partial charge < -0.3 is 15.5 Å². The van der Waals surface area contributed by atoms with E-state index in [-0.39, 0.29) is 25.5 Å². The molecule has 1 rings (SSSR count). The maximum atomic E-state index is 11.9. The van der Waals surface area contributed by atoms with Crippen LogP contribution in [0.4, 0.5) is 0 Å². The van der Waals surface area contributed by atoms with Gasteiger partial charge >= 0.3 is 0 Å². The Kier molecular flexibility index (Phi) is 5.78. The van der Waals surface area contributed by atoms with E-state index in [1.807, 2.05) is 31.2 Å². The van der Waals surface area contributed by atoms with Gasteiger partial charge in [-0.2, -0.15) is 0 Å². The molecule has 0 saturated heterocycles. The van der Waals surface area contributed by atoms with Crippen LogP contribution in [0.2, 0.25) is 0 Å². The average Bonchev–Trinajstić information content (AvgIpc) is 2.36. The minimum Gasteiger partial charge on any atom is -0.394 e. The zero-order valence-electron chi connectivity index (χ0n) is 10.3. The van der Waals surface area contributed by atoms with E-state index >= 15 is 0 Å². The SMILES string of the molecule is CCC(CO)(CO)NC(=O)Cc1cccc(Br)c1. The van der Waals surface area contributed by atoms with Crippen LogP contribution < -0.4 is 5.32 Å². The molecule has 0 spiro atoms. The molecule has 0 aromatic heterocycles. The number of benzene rings is 1. The van der Waals surface area contributed by atoms with E-state index in [0.29, 0.717) is 6.42 Å². The van der Waals surface area contributed by atoms with Crippen LogP contribution in [-0.2, 0) is 11.2 Å². The van der Waals surface area contributed by atoms with Gasteiger partial charge in [0.25, 0.3) is 0 Å². The number of nitrogens with one attached hydrogen (secondary N) is 1. The van der Waals surface area contributed by atoms with Crippen LogP contribution in [0.3, 0.4) is 0 Å². The van der Waals surface area contributed by atoms with Crippen molar-refractivity contribution in [1.29, 1.82) is 0 Å². The number of carbonyl (C=O) groups excluding carboxylic acids is 1. The minimum absolute atomic E-state index is 0.210. The van der Waals surface area contributed by atoms with Gasteiger partial charge in [0.1, 0.15) is 0 Å². The third-order valence-electron chi connectivity index (χ3n) is 2.94. The first-order valence-electron chi connectivity index (χ1n) is 5.82. The summed E-state index contributed by atoms with van der Waals surface area (Å²) < 4.78 is 0.916. The number of aliphatic hydroxyl groups is 2. The summed E-state index contributed by atoms with van der Waals surface area (Å²) in [6, 6.07) is 7.47. The Bertz CT molecular complexity index is 397. The summed E-state index contributed by atoms with van der Waals surface area (Å²) in [5, 5.41) is 21.2. The highest BCUT2D eigenvalue weighted by Crippen LogP contribution is 2.13. The van der Waals surface area contributed by atoms with Gasteiger partial charge in [-0.25, -0.2) is 0 Å². The first-order chi connectivity index (χ1) is 8.55. The van der Waals surface area contributed by atoms with Crippen LogP contribution >= 0.6 is 15.9 Å². The molecule has 3 N–H and O–H groups in total. The maximum Gasteiger partial charge on any atom is 0.225 e. The molecule has 1 amide bonds.